The molecule has 1 aromatic heterocycles. The van der Waals surface area contributed by atoms with Crippen LogP contribution >= 0.6 is 11.3 Å². The third-order valence-corrected chi connectivity index (χ3v) is 4.18. The molecule has 0 spiro atoms. The highest BCUT2D eigenvalue weighted by molar-refractivity contribution is 7.15. The summed E-state index contributed by atoms with van der Waals surface area (Å²) in [4.78, 5) is 5.93. The number of aryl methyl sites for hydroxylation is 2. The highest BCUT2D eigenvalue weighted by Gasteiger charge is 2.14. The molecule has 1 heterocycles. The molecule has 1 atom stereocenters. The van der Waals surface area contributed by atoms with E-state index in [1.165, 1.54) is 16.0 Å². The number of hydrogen-bond donors (Lipinski definition) is 1. The third kappa shape index (κ3) is 2.40. The van der Waals surface area contributed by atoms with Gasteiger partial charge in [0.1, 0.15) is 5.01 Å². The first-order valence-corrected chi connectivity index (χ1v) is 6.76. The largest absolute Gasteiger partial charge is 0.323 e. The zero-order valence-corrected chi connectivity index (χ0v) is 11.3. The lowest BCUT2D eigenvalue weighted by atomic mass is 10.1. The van der Waals surface area contributed by atoms with Crippen molar-refractivity contribution in [3.63, 3.8) is 0 Å². The number of hydrogen-bond acceptors (Lipinski definition) is 3. The van der Waals surface area contributed by atoms with Crippen LogP contribution in [0.2, 0.25) is 0 Å². The lowest BCUT2D eigenvalue weighted by Gasteiger charge is -2.02. The summed E-state index contributed by atoms with van der Waals surface area (Å²) >= 11 is 1.72. The molecule has 0 amide bonds. The second-order valence-electron chi connectivity index (χ2n) is 4.29. The molecule has 17 heavy (non-hydrogen) atoms. The van der Waals surface area contributed by atoms with Crippen LogP contribution in [0, 0.1) is 6.92 Å². The van der Waals surface area contributed by atoms with Gasteiger partial charge in [0, 0.05) is 16.5 Å². The number of benzene rings is 1. The van der Waals surface area contributed by atoms with E-state index in [2.05, 4.69) is 38.1 Å². The second-order valence-corrected chi connectivity index (χ2v) is 5.32. The fraction of sp³-hybridized carbons (Fsp3) is 0.357. The number of rotatable bonds is 3. The summed E-state index contributed by atoms with van der Waals surface area (Å²) in [7, 11) is 0. The number of nitrogens with zero attached hydrogens (tertiary/aromatic N) is 1. The minimum Gasteiger partial charge on any atom is -0.323 e. The summed E-state index contributed by atoms with van der Waals surface area (Å²) in [6.45, 7) is 6.27. The van der Waals surface area contributed by atoms with Crippen molar-refractivity contribution in [2.45, 2.75) is 33.2 Å². The predicted octanol–water partition coefficient (Wildman–Crippen LogP) is 3.70. The monoisotopic (exact) mass is 246 g/mol. The van der Waals surface area contributed by atoms with E-state index in [4.69, 9.17) is 10.7 Å². The van der Waals surface area contributed by atoms with Gasteiger partial charge >= 0.3 is 0 Å². The molecule has 2 nitrogen and oxygen atoms in total. The summed E-state index contributed by atoms with van der Waals surface area (Å²) in [5, 5.41) is 1.09. The van der Waals surface area contributed by atoms with Crippen molar-refractivity contribution in [2.75, 3.05) is 0 Å². The molecule has 1 unspecified atom stereocenters. The molecule has 0 aliphatic carbocycles. The lowest BCUT2D eigenvalue weighted by Crippen LogP contribution is -2.05. The van der Waals surface area contributed by atoms with E-state index in [0.29, 0.717) is 0 Å². The van der Waals surface area contributed by atoms with Crippen LogP contribution in [0.25, 0.3) is 10.6 Å². The maximum Gasteiger partial charge on any atom is 0.124 e. The van der Waals surface area contributed by atoms with E-state index in [1.54, 1.807) is 11.3 Å². The molecular weight excluding hydrogens is 228 g/mol. The Hall–Kier alpha value is -1.19. The van der Waals surface area contributed by atoms with Crippen molar-refractivity contribution in [3.05, 3.63) is 40.4 Å². The molecule has 0 aliphatic heterocycles. The van der Waals surface area contributed by atoms with Crippen LogP contribution in [-0.2, 0) is 6.42 Å². The Kier molecular flexibility index (Phi) is 3.60. The normalized spacial score (nSPS) is 12.7. The van der Waals surface area contributed by atoms with Crippen LogP contribution in [0.15, 0.2) is 24.3 Å². The molecule has 0 bridgehead atoms. The van der Waals surface area contributed by atoms with Gasteiger partial charge in [0.05, 0.1) is 5.69 Å². The molecule has 0 radical (unpaired) electrons. The van der Waals surface area contributed by atoms with Crippen LogP contribution in [0.1, 0.15) is 36.0 Å². The predicted molar refractivity (Wildman–Crippen MR) is 74.3 cm³/mol. The van der Waals surface area contributed by atoms with E-state index in [1.807, 2.05) is 6.92 Å². The number of thiazole rings is 1. The van der Waals surface area contributed by atoms with E-state index in [-0.39, 0.29) is 6.04 Å². The van der Waals surface area contributed by atoms with Crippen LogP contribution in [-0.4, -0.2) is 4.98 Å². The Balaban J connectivity index is 2.51. The zero-order valence-electron chi connectivity index (χ0n) is 10.5. The summed E-state index contributed by atoms with van der Waals surface area (Å²) in [6.07, 6.45) is 0.944. The van der Waals surface area contributed by atoms with Gasteiger partial charge in [0.15, 0.2) is 0 Å². The Morgan fingerprint density at radius 1 is 1.35 bits per heavy atom. The van der Waals surface area contributed by atoms with Gasteiger partial charge in [-0.3, -0.25) is 0 Å². The maximum atomic E-state index is 5.99. The van der Waals surface area contributed by atoms with Gasteiger partial charge in [0.25, 0.3) is 0 Å². The first-order valence-electron chi connectivity index (χ1n) is 5.94. The summed E-state index contributed by atoms with van der Waals surface area (Å²) < 4.78 is 0. The Morgan fingerprint density at radius 3 is 2.59 bits per heavy atom. The van der Waals surface area contributed by atoms with Crippen molar-refractivity contribution in [1.29, 1.82) is 0 Å². The average molecular weight is 246 g/mol. The molecule has 0 saturated heterocycles. The van der Waals surface area contributed by atoms with Crippen LogP contribution in [0.5, 0.6) is 0 Å². The average Bonchev–Trinajstić information content (AvgIpc) is 2.73. The molecule has 1 aromatic carbocycles. The Bertz CT molecular complexity index is 515. The van der Waals surface area contributed by atoms with Crippen LogP contribution in [0.4, 0.5) is 0 Å². The van der Waals surface area contributed by atoms with Gasteiger partial charge in [-0.05, 0) is 25.8 Å². The van der Waals surface area contributed by atoms with Crippen LogP contribution < -0.4 is 5.73 Å². The highest BCUT2D eigenvalue weighted by atomic mass is 32.1. The molecule has 3 heteroatoms. The molecule has 0 fully saturated rings. The molecule has 0 saturated carbocycles. The summed E-state index contributed by atoms with van der Waals surface area (Å²) in [5.74, 6) is 0. The topological polar surface area (TPSA) is 38.9 Å². The van der Waals surface area contributed by atoms with Crippen molar-refractivity contribution in [2.24, 2.45) is 5.73 Å². The maximum absolute atomic E-state index is 5.99. The lowest BCUT2D eigenvalue weighted by molar-refractivity contribution is 0.814. The fourth-order valence-electron chi connectivity index (χ4n) is 1.90. The van der Waals surface area contributed by atoms with Gasteiger partial charge < -0.3 is 5.73 Å². The standard InChI is InChI=1S/C14H18N2S/c1-4-12-13(10(3)15)17-14(16-12)11-8-6-5-7-9(11)2/h5-8,10H,4,15H2,1-3H3. The van der Waals surface area contributed by atoms with Gasteiger partial charge in [0.2, 0.25) is 0 Å². The SMILES string of the molecule is CCc1nc(-c2ccccc2C)sc1C(C)N. The minimum atomic E-state index is 0.0696. The molecule has 2 N–H and O–H groups in total. The van der Waals surface area contributed by atoms with Crippen LogP contribution in [0.3, 0.4) is 0 Å². The highest BCUT2D eigenvalue weighted by Crippen LogP contribution is 2.32. The van der Waals surface area contributed by atoms with Crippen molar-refractivity contribution < 1.29 is 0 Å². The second kappa shape index (κ2) is 4.98. The zero-order chi connectivity index (χ0) is 12.4. The molecular formula is C14H18N2S. The number of aromatic nitrogens is 1. The van der Waals surface area contributed by atoms with Gasteiger partial charge in [-0.2, -0.15) is 0 Å². The summed E-state index contributed by atoms with van der Waals surface area (Å²) in [5.41, 5.74) is 9.62. The summed E-state index contributed by atoms with van der Waals surface area (Å²) in [6, 6.07) is 8.42. The van der Waals surface area contributed by atoms with Gasteiger partial charge in [-0.25, -0.2) is 4.98 Å². The quantitative estimate of drug-likeness (QED) is 0.896. The smallest absolute Gasteiger partial charge is 0.124 e. The Morgan fingerprint density at radius 2 is 2.06 bits per heavy atom. The first kappa shape index (κ1) is 12.3. The third-order valence-electron chi connectivity index (χ3n) is 2.85. The molecule has 2 rings (SSSR count). The molecule has 2 aromatic rings. The van der Waals surface area contributed by atoms with Crippen molar-refractivity contribution >= 4 is 11.3 Å². The van der Waals surface area contributed by atoms with Gasteiger partial charge in [-0.15, -0.1) is 11.3 Å². The van der Waals surface area contributed by atoms with E-state index in [9.17, 15) is 0 Å². The Labute approximate surface area is 107 Å². The van der Waals surface area contributed by atoms with Crippen molar-refractivity contribution in [3.8, 4) is 10.6 Å². The first-order chi connectivity index (χ1) is 8.13. The fourth-order valence-corrected chi connectivity index (χ4v) is 3.10. The van der Waals surface area contributed by atoms with Gasteiger partial charge in [-0.1, -0.05) is 31.2 Å². The minimum absolute atomic E-state index is 0.0696. The number of nitrogens with two attached hydrogens (primary N) is 1. The van der Waals surface area contributed by atoms with E-state index < -0.39 is 0 Å². The molecule has 0 aliphatic rings. The van der Waals surface area contributed by atoms with Crippen molar-refractivity contribution in [1.82, 2.24) is 4.98 Å². The van der Waals surface area contributed by atoms with E-state index in [0.717, 1.165) is 17.1 Å². The van der Waals surface area contributed by atoms with E-state index >= 15 is 0 Å². The molecule has 90 valence electrons.